The van der Waals surface area contributed by atoms with Crippen LogP contribution < -0.4 is 15.8 Å². The van der Waals surface area contributed by atoms with Crippen LogP contribution in [0.1, 0.15) is 17.5 Å². The van der Waals surface area contributed by atoms with Crippen molar-refractivity contribution in [1.82, 2.24) is 19.8 Å². The molecule has 5 N–H and O–H groups in total. The monoisotopic (exact) mass is 545 g/mol. The zero-order valence-corrected chi connectivity index (χ0v) is 21.8. The maximum absolute atomic E-state index is 13.5. The van der Waals surface area contributed by atoms with Crippen LogP contribution in [0.4, 0.5) is 10.5 Å². The number of rotatable bonds is 11. The molecule has 1 unspecified atom stereocenters. The van der Waals surface area contributed by atoms with Gasteiger partial charge < -0.3 is 25.8 Å². The fourth-order valence-electron chi connectivity index (χ4n) is 3.85. The quantitative estimate of drug-likeness (QED) is 0.303. The van der Waals surface area contributed by atoms with Crippen LogP contribution in [0.2, 0.25) is 0 Å². The van der Waals surface area contributed by atoms with E-state index in [1.54, 1.807) is 44.3 Å². The average Bonchev–Trinajstić information content (AvgIpc) is 2.88. The van der Waals surface area contributed by atoms with Gasteiger partial charge in [0.25, 0.3) is 5.91 Å². The summed E-state index contributed by atoms with van der Waals surface area (Å²) in [4.78, 5) is 39.7. The molecule has 1 heterocycles. The molecule has 0 saturated heterocycles. The molecule has 2 atom stereocenters. The molecule has 0 fully saturated rings. The molecule has 0 aromatic heterocycles. The van der Waals surface area contributed by atoms with Crippen LogP contribution in [0.5, 0.6) is 0 Å². The zero-order chi connectivity index (χ0) is 27.9. The van der Waals surface area contributed by atoms with Gasteiger partial charge in [0, 0.05) is 18.1 Å². The number of anilines is 1. The van der Waals surface area contributed by atoms with E-state index in [2.05, 4.69) is 10.0 Å². The summed E-state index contributed by atoms with van der Waals surface area (Å²) < 4.78 is 34.5. The van der Waals surface area contributed by atoms with Crippen LogP contribution >= 0.6 is 0 Å². The largest absolute Gasteiger partial charge is 0.480 e. The van der Waals surface area contributed by atoms with E-state index in [0.717, 1.165) is 16.0 Å². The predicted octanol–water partition coefficient (Wildman–Crippen LogP) is 1.24. The third-order valence-corrected chi connectivity index (χ3v) is 7.41. The first-order chi connectivity index (χ1) is 18.0. The van der Waals surface area contributed by atoms with Crippen LogP contribution in [-0.4, -0.2) is 73.5 Å². The summed E-state index contributed by atoms with van der Waals surface area (Å²) in [5, 5.41) is 12.2. The average molecular weight is 546 g/mol. The molecule has 1 aliphatic heterocycles. The van der Waals surface area contributed by atoms with E-state index >= 15 is 0 Å². The Labute approximate surface area is 221 Å². The molecule has 2 aromatic rings. The summed E-state index contributed by atoms with van der Waals surface area (Å²) in [5.41, 5.74) is 7.58. The first-order valence-corrected chi connectivity index (χ1v) is 13.2. The summed E-state index contributed by atoms with van der Waals surface area (Å²) in [5.74, 6) is -2.05. The van der Waals surface area contributed by atoms with E-state index in [9.17, 15) is 27.9 Å². The van der Waals surface area contributed by atoms with Gasteiger partial charge >= 0.3 is 12.1 Å². The molecular formula is C25H31N5O7S. The molecule has 38 heavy (non-hydrogen) atoms. The Morgan fingerprint density at radius 2 is 1.87 bits per heavy atom. The second kappa shape index (κ2) is 12.5. The van der Waals surface area contributed by atoms with Crippen molar-refractivity contribution >= 4 is 33.7 Å². The lowest BCUT2D eigenvalue weighted by atomic mass is 10.0. The number of nitrogens with one attached hydrogen (secondary N) is 2. The molecule has 0 radical (unpaired) electrons. The van der Waals surface area contributed by atoms with Gasteiger partial charge in [-0.3, -0.25) is 14.5 Å². The first kappa shape index (κ1) is 28.6. The van der Waals surface area contributed by atoms with Crippen molar-refractivity contribution in [2.75, 3.05) is 25.9 Å². The van der Waals surface area contributed by atoms with Gasteiger partial charge in [-0.25, -0.2) is 17.9 Å². The number of carboxylic acids is 1. The smallest absolute Gasteiger partial charge is 0.414 e. The number of sulfonamides is 1. The molecule has 2 aromatic carbocycles. The molecule has 0 spiro atoms. The number of carbonyl (C=O) groups is 3. The SMILES string of the molecule is CNCCC(NS(=O)(=O)c1ccc(C)c(N)c1)[C@H]1C(=O)N(CC(=O)O)C=CN1C(=O)OCc1ccccc1. The van der Waals surface area contributed by atoms with Crippen molar-refractivity contribution in [2.45, 2.75) is 36.9 Å². The Hall–Kier alpha value is -3.94. The third kappa shape index (κ3) is 7.09. The van der Waals surface area contributed by atoms with Gasteiger partial charge in [-0.2, -0.15) is 0 Å². The van der Waals surface area contributed by atoms with Crippen LogP contribution in [0.25, 0.3) is 0 Å². The number of benzene rings is 2. The molecule has 2 amide bonds. The fourth-order valence-corrected chi connectivity index (χ4v) is 5.16. The Kier molecular flexibility index (Phi) is 9.45. The molecule has 0 bridgehead atoms. The summed E-state index contributed by atoms with van der Waals surface area (Å²) in [6.07, 6.45) is 1.56. The van der Waals surface area contributed by atoms with Crippen LogP contribution in [0.15, 0.2) is 65.8 Å². The maximum atomic E-state index is 13.5. The number of hydrogen-bond acceptors (Lipinski definition) is 8. The number of nitrogen functional groups attached to an aromatic ring is 1. The lowest BCUT2D eigenvalue weighted by Gasteiger charge is -2.38. The minimum absolute atomic E-state index is 0.0840. The lowest BCUT2D eigenvalue weighted by Crippen LogP contribution is -2.61. The predicted molar refractivity (Wildman–Crippen MR) is 139 cm³/mol. The highest BCUT2D eigenvalue weighted by Crippen LogP contribution is 2.23. The lowest BCUT2D eigenvalue weighted by molar-refractivity contribution is -0.145. The number of aliphatic carboxylic acids is 1. The van der Waals surface area contributed by atoms with Gasteiger partial charge in [-0.1, -0.05) is 36.4 Å². The van der Waals surface area contributed by atoms with Crippen molar-refractivity contribution in [1.29, 1.82) is 0 Å². The summed E-state index contributed by atoms with van der Waals surface area (Å²) in [6, 6.07) is 10.6. The van der Waals surface area contributed by atoms with Crippen molar-refractivity contribution in [2.24, 2.45) is 0 Å². The van der Waals surface area contributed by atoms with Crippen molar-refractivity contribution < 1.29 is 32.6 Å². The van der Waals surface area contributed by atoms with Crippen LogP contribution in [-0.2, 0) is 31.0 Å². The molecular weight excluding hydrogens is 514 g/mol. The fraction of sp³-hybridized carbons (Fsp3) is 0.320. The standard InChI is InChI=1S/C25H31N5O7S/c1-17-8-9-19(14-20(17)26)38(35,36)28-21(10-11-27-2)23-24(33)29(15-22(31)32)12-13-30(23)25(34)37-16-18-6-4-3-5-7-18/h3-9,12-14,21,23,27-28H,10-11,15-16,26H2,1-2H3,(H,31,32)/t21?,23-/m0/s1. The maximum Gasteiger partial charge on any atom is 0.414 e. The summed E-state index contributed by atoms with van der Waals surface area (Å²) >= 11 is 0. The number of hydrogen-bond donors (Lipinski definition) is 4. The van der Waals surface area contributed by atoms with E-state index < -0.39 is 46.6 Å². The summed E-state index contributed by atoms with van der Waals surface area (Å²) in [6.45, 7) is 1.26. The molecule has 13 heteroatoms. The van der Waals surface area contributed by atoms with Crippen molar-refractivity contribution in [3.8, 4) is 0 Å². The molecule has 0 saturated carbocycles. The molecule has 204 valence electrons. The number of aryl methyl sites for hydroxylation is 1. The number of amides is 2. The van der Waals surface area contributed by atoms with E-state index in [1.165, 1.54) is 18.3 Å². The second-order valence-electron chi connectivity index (χ2n) is 8.69. The van der Waals surface area contributed by atoms with Crippen molar-refractivity contribution in [3.05, 3.63) is 72.1 Å². The highest BCUT2D eigenvalue weighted by atomic mass is 32.2. The third-order valence-electron chi connectivity index (χ3n) is 5.92. The topological polar surface area (TPSA) is 171 Å². The highest BCUT2D eigenvalue weighted by molar-refractivity contribution is 7.89. The Morgan fingerprint density at radius 3 is 2.50 bits per heavy atom. The molecule has 0 aliphatic carbocycles. The van der Waals surface area contributed by atoms with Crippen LogP contribution in [0.3, 0.4) is 0 Å². The number of nitrogens with two attached hydrogens (primary N) is 1. The summed E-state index contributed by atoms with van der Waals surface area (Å²) in [7, 11) is -2.54. The minimum atomic E-state index is -4.19. The zero-order valence-electron chi connectivity index (χ0n) is 21.0. The van der Waals surface area contributed by atoms with Crippen LogP contribution in [0, 0.1) is 6.92 Å². The van der Waals surface area contributed by atoms with Crippen molar-refractivity contribution in [3.63, 3.8) is 0 Å². The van der Waals surface area contributed by atoms with E-state index in [1.807, 2.05) is 6.07 Å². The first-order valence-electron chi connectivity index (χ1n) is 11.8. The number of carbonyl (C=O) groups excluding carboxylic acids is 2. The Balaban J connectivity index is 1.95. The normalized spacial score (nSPS) is 16.4. The van der Waals surface area contributed by atoms with Gasteiger partial charge in [0.1, 0.15) is 19.2 Å². The molecule has 12 nitrogen and oxygen atoms in total. The Bertz CT molecular complexity index is 1300. The van der Waals surface area contributed by atoms with Gasteiger partial charge in [0.15, 0.2) is 0 Å². The van der Waals surface area contributed by atoms with E-state index in [4.69, 9.17) is 10.5 Å². The minimum Gasteiger partial charge on any atom is -0.480 e. The Morgan fingerprint density at radius 1 is 1.16 bits per heavy atom. The molecule has 3 rings (SSSR count). The molecule has 1 aliphatic rings. The van der Waals surface area contributed by atoms with E-state index in [-0.39, 0.29) is 30.2 Å². The number of nitrogens with zero attached hydrogens (tertiary/aromatic N) is 2. The number of ether oxygens (including phenoxy) is 1. The number of carboxylic acid groups (broad SMARTS) is 1. The van der Waals surface area contributed by atoms with Gasteiger partial charge in [-0.05, 0) is 50.2 Å². The van der Waals surface area contributed by atoms with Gasteiger partial charge in [-0.15, -0.1) is 0 Å². The van der Waals surface area contributed by atoms with E-state index in [0.29, 0.717) is 11.1 Å². The highest BCUT2D eigenvalue weighted by Gasteiger charge is 2.43. The van der Waals surface area contributed by atoms with Gasteiger partial charge in [0.05, 0.1) is 10.9 Å². The second-order valence-corrected chi connectivity index (χ2v) is 10.4. The van der Waals surface area contributed by atoms with Gasteiger partial charge in [0.2, 0.25) is 10.0 Å².